The second kappa shape index (κ2) is 5.05. The zero-order valence-corrected chi connectivity index (χ0v) is 9.76. The van der Waals surface area contributed by atoms with Crippen LogP contribution in [0.1, 0.15) is 16.1 Å². The number of carbonyl (C=O) groups excluding carboxylic acids is 1. The fraction of sp³-hybridized carbons (Fsp3) is 0.100. The van der Waals surface area contributed by atoms with Crippen molar-refractivity contribution in [1.29, 1.82) is 0 Å². The molecule has 1 aromatic heterocycles. The molecule has 16 heavy (non-hydrogen) atoms. The van der Waals surface area contributed by atoms with E-state index in [1.54, 1.807) is 11.4 Å². The first kappa shape index (κ1) is 11.0. The molecule has 0 aliphatic carbocycles. The topological polar surface area (TPSA) is 54.9 Å². The molecule has 0 aliphatic rings. The number of aromatic nitrogens is 2. The molecule has 0 saturated carbocycles. The minimum Gasteiger partial charge on any atom is -0.321 e. The van der Waals surface area contributed by atoms with Gasteiger partial charge >= 0.3 is 0 Å². The van der Waals surface area contributed by atoms with Crippen LogP contribution in [0.3, 0.4) is 0 Å². The first-order chi connectivity index (χ1) is 7.79. The summed E-state index contributed by atoms with van der Waals surface area (Å²) in [5.74, 6) is 0.155. The predicted octanol–water partition coefficient (Wildman–Crippen LogP) is 2.53. The maximum Gasteiger partial charge on any atom is 0.277 e. The Morgan fingerprint density at radius 2 is 2.38 bits per heavy atom. The quantitative estimate of drug-likeness (QED) is 0.856. The van der Waals surface area contributed by atoms with Crippen molar-refractivity contribution in [3.63, 3.8) is 0 Å². The predicted molar refractivity (Wildman–Crippen MR) is 63.9 cm³/mol. The smallest absolute Gasteiger partial charge is 0.277 e. The Hall–Kier alpha value is -1.46. The molecule has 0 aliphatic heterocycles. The van der Waals surface area contributed by atoms with Crippen molar-refractivity contribution < 1.29 is 4.79 Å². The molecule has 0 atom stereocenters. The number of carbonyl (C=O) groups is 1. The van der Waals surface area contributed by atoms with Crippen LogP contribution >= 0.6 is 23.1 Å². The highest BCUT2D eigenvalue weighted by molar-refractivity contribution is 7.03. The summed E-state index contributed by atoms with van der Waals surface area (Å²) in [6.45, 7) is 0. The van der Waals surface area contributed by atoms with Crippen molar-refractivity contribution in [2.45, 2.75) is 5.88 Å². The van der Waals surface area contributed by atoms with Gasteiger partial charge in [-0.25, -0.2) is 0 Å². The Balaban J connectivity index is 2.12. The Morgan fingerprint density at radius 3 is 3.06 bits per heavy atom. The Bertz CT molecular complexity index is 487. The zero-order valence-electron chi connectivity index (χ0n) is 8.18. The second-order valence-electron chi connectivity index (χ2n) is 3.08. The van der Waals surface area contributed by atoms with Crippen LogP contribution < -0.4 is 5.32 Å². The van der Waals surface area contributed by atoms with Crippen LogP contribution in [0, 0.1) is 0 Å². The van der Waals surface area contributed by atoms with E-state index in [0.717, 1.165) is 17.1 Å². The van der Waals surface area contributed by atoms with Gasteiger partial charge in [0.25, 0.3) is 5.91 Å². The van der Waals surface area contributed by atoms with E-state index in [9.17, 15) is 4.79 Å². The number of alkyl halides is 1. The lowest BCUT2D eigenvalue weighted by Gasteiger charge is -2.03. The van der Waals surface area contributed by atoms with Crippen molar-refractivity contribution in [1.82, 2.24) is 9.59 Å². The van der Waals surface area contributed by atoms with Gasteiger partial charge in [-0.1, -0.05) is 16.6 Å². The summed E-state index contributed by atoms with van der Waals surface area (Å²) in [5.41, 5.74) is 1.98. The van der Waals surface area contributed by atoms with Crippen molar-refractivity contribution in [2.75, 3.05) is 5.32 Å². The lowest BCUT2D eigenvalue weighted by Crippen LogP contribution is -2.12. The highest BCUT2D eigenvalue weighted by Crippen LogP contribution is 2.13. The maximum absolute atomic E-state index is 11.6. The molecule has 0 saturated heterocycles. The van der Waals surface area contributed by atoms with Crippen LogP contribution in [0.2, 0.25) is 0 Å². The average molecular weight is 254 g/mol. The second-order valence-corrected chi connectivity index (χ2v) is 3.96. The van der Waals surface area contributed by atoms with Crippen LogP contribution in [0.5, 0.6) is 0 Å². The van der Waals surface area contributed by atoms with E-state index < -0.39 is 0 Å². The van der Waals surface area contributed by atoms with Gasteiger partial charge in [-0.05, 0) is 29.2 Å². The minimum absolute atomic E-state index is 0.263. The van der Waals surface area contributed by atoms with E-state index in [1.807, 2.05) is 18.2 Å². The van der Waals surface area contributed by atoms with Crippen LogP contribution in [-0.2, 0) is 5.88 Å². The number of rotatable bonds is 3. The van der Waals surface area contributed by atoms with Crippen LogP contribution in [0.25, 0.3) is 0 Å². The molecule has 2 aromatic rings. The molecule has 1 aromatic carbocycles. The highest BCUT2D eigenvalue weighted by Gasteiger charge is 2.08. The van der Waals surface area contributed by atoms with E-state index in [4.69, 9.17) is 11.6 Å². The van der Waals surface area contributed by atoms with Crippen LogP contribution in [-0.4, -0.2) is 15.5 Å². The van der Waals surface area contributed by atoms with Crippen molar-refractivity contribution in [2.24, 2.45) is 0 Å². The summed E-state index contributed by atoms with van der Waals surface area (Å²) < 4.78 is 3.63. The van der Waals surface area contributed by atoms with E-state index in [-0.39, 0.29) is 5.91 Å². The van der Waals surface area contributed by atoms with Crippen LogP contribution in [0.15, 0.2) is 29.6 Å². The average Bonchev–Trinajstić information content (AvgIpc) is 2.83. The molecule has 0 fully saturated rings. The van der Waals surface area contributed by atoms with Crippen molar-refractivity contribution in [3.8, 4) is 0 Å². The molecular weight excluding hydrogens is 246 g/mol. The molecule has 6 heteroatoms. The third-order valence-electron chi connectivity index (χ3n) is 1.93. The van der Waals surface area contributed by atoms with Gasteiger partial charge in [0.05, 0.1) is 0 Å². The summed E-state index contributed by atoms with van der Waals surface area (Å²) in [5, 5.41) is 8.01. The number of amides is 1. The summed E-state index contributed by atoms with van der Waals surface area (Å²) >= 11 is 6.84. The van der Waals surface area contributed by atoms with Gasteiger partial charge in [0.15, 0.2) is 5.69 Å². The minimum atomic E-state index is -0.263. The van der Waals surface area contributed by atoms with Gasteiger partial charge in [-0.3, -0.25) is 4.79 Å². The largest absolute Gasteiger partial charge is 0.321 e. The molecule has 1 N–H and O–H groups in total. The van der Waals surface area contributed by atoms with Crippen molar-refractivity contribution >= 4 is 34.7 Å². The number of benzene rings is 1. The van der Waals surface area contributed by atoms with Gasteiger partial charge in [0.1, 0.15) is 0 Å². The lowest BCUT2D eigenvalue weighted by molar-refractivity contribution is 0.102. The van der Waals surface area contributed by atoms with Crippen molar-refractivity contribution in [3.05, 3.63) is 40.9 Å². The van der Waals surface area contributed by atoms with Gasteiger partial charge in [-0.2, -0.15) is 0 Å². The Labute approximate surface area is 101 Å². The fourth-order valence-electron chi connectivity index (χ4n) is 1.19. The molecule has 4 nitrogen and oxygen atoms in total. The first-order valence-electron chi connectivity index (χ1n) is 4.53. The fourth-order valence-corrected chi connectivity index (χ4v) is 1.79. The molecule has 0 radical (unpaired) electrons. The zero-order chi connectivity index (χ0) is 11.4. The number of hydrogen-bond donors (Lipinski definition) is 1. The lowest BCUT2D eigenvalue weighted by atomic mass is 10.2. The third-order valence-corrected chi connectivity index (χ3v) is 2.75. The van der Waals surface area contributed by atoms with Crippen LogP contribution in [0.4, 0.5) is 5.69 Å². The molecule has 1 amide bonds. The number of nitrogens with one attached hydrogen (secondary N) is 1. The SMILES string of the molecule is O=C(Nc1cccc(CCl)c1)c1csnn1. The van der Waals surface area contributed by atoms with Gasteiger partial charge in [0, 0.05) is 16.9 Å². The standard InChI is InChI=1S/C10H8ClN3OS/c11-5-7-2-1-3-8(4-7)12-10(15)9-6-16-14-13-9/h1-4,6H,5H2,(H,12,15). The molecular formula is C10H8ClN3OS. The molecule has 82 valence electrons. The summed E-state index contributed by atoms with van der Waals surface area (Å²) in [7, 11) is 0. The highest BCUT2D eigenvalue weighted by atomic mass is 35.5. The molecule has 0 bridgehead atoms. The van der Waals surface area contributed by atoms with Gasteiger partial charge in [-0.15, -0.1) is 16.7 Å². The van der Waals surface area contributed by atoms with E-state index in [1.165, 1.54) is 0 Å². The van der Waals surface area contributed by atoms with E-state index in [0.29, 0.717) is 17.3 Å². The van der Waals surface area contributed by atoms with Gasteiger partial charge in [0.2, 0.25) is 0 Å². The van der Waals surface area contributed by atoms with E-state index >= 15 is 0 Å². The summed E-state index contributed by atoms with van der Waals surface area (Å²) in [6.07, 6.45) is 0. The Kier molecular flexibility index (Phi) is 3.48. The monoisotopic (exact) mass is 253 g/mol. The summed E-state index contributed by atoms with van der Waals surface area (Å²) in [4.78, 5) is 11.6. The summed E-state index contributed by atoms with van der Waals surface area (Å²) in [6, 6.07) is 7.36. The number of anilines is 1. The normalized spacial score (nSPS) is 10.1. The van der Waals surface area contributed by atoms with E-state index in [2.05, 4.69) is 14.9 Å². The number of nitrogens with zero attached hydrogens (tertiary/aromatic N) is 2. The number of hydrogen-bond acceptors (Lipinski definition) is 4. The van der Waals surface area contributed by atoms with Gasteiger partial charge < -0.3 is 5.32 Å². The molecule has 0 unspecified atom stereocenters. The Morgan fingerprint density at radius 1 is 1.50 bits per heavy atom. The first-order valence-corrected chi connectivity index (χ1v) is 5.90. The number of halogens is 1. The third kappa shape index (κ3) is 2.56. The molecule has 1 heterocycles. The molecule has 2 rings (SSSR count). The molecule has 0 spiro atoms. The maximum atomic E-state index is 11.6.